The Morgan fingerprint density at radius 3 is 2.80 bits per heavy atom. The number of thioether (sulfide) groups is 1. The normalized spacial score (nSPS) is 11.7. The lowest BCUT2D eigenvalue weighted by molar-refractivity contribution is -0.144. The average molecular weight is 298 g/mol. The Morgan fingerprint density at radius 1 is 1.45 bits per heavy atom. The molecule has 0 aliphatic heterocycles. The van der Waals surface area contributed by atoms with E-state index < -0.39 is 12.0 Å². The van der Waals surface area contributed by atoms with E-state index in [0.717, 1.165) is 0 Å². The van der Waals surface area contributed by atoms with Crippen LogP contribution < -0.4 is 11.1 Å². The highest BCUT2D eigenvalue weighted by molar-refractivity contribution is 7.99. The standard InChI is InChI=1S/C12H18N4O3S/c1-2-19-11(18)9(13)4-7-20-8-10(17)16-12-14-5-3-6-15-12/h3,5-6,9H,2,4,7-8,13H2,1H3,(H,14,15,16,17). The highest BCUT2D eigenvalue weighted by Gasteiger charge is 2.14. The molecule has 0 bridgehead atoms. The van der Waals surface area contributed by atoms with Crippen molar-refractivity contribution in [2.45, 2.75) is 19.4 Å². The van der Waals surface area contributed by atoms with Crippen LogP contribution >= 0.6 is 11.8 Å². The molecule has 0 saturated heterocycles. The third-order valence-corrected chi connectivity index (χ3v) is 3.20. The molecule has 1 unspecified atom stereocenters. The zero-order valence-corrected chi connectivity index (χ0v) is 12.1. The fourth-order valence-corrected chi connectivity index (χ4v) is 2.09. The Balaban J connectivity index is 2.15. The number of rotatable bonds is 8. The van der Waals surface area contributed by atoms with Gasteiger partial charge in [-0.25, -0.2) is 9.97 Å². The fourth-order valence-electron chi connectivity index (χ4n) is 1.27. The lowest BCUT2D eigenvalue weighted by Crippen LogP contribution is -2.32. The minimum absolute atomic E-state index is 0.189. The first kappa shape index (κ1) is 16.4. The third-order valence-electron chi connectivity index (χ3n) is 2.21. The second kappa shape index (κ2) is 9.27. The van der Waals surface area contributed by atoms with Gasteiger partial charge in [-0.1, -0.05) is 0 Å². The summed E-state index contributed by atoms with van der Waals surface area (Å²) in [4.78, 5) is 30.6. The maximum atomic E-state index is 11.6. The van der Waals surface area contributed by atoms with Gasteiger partial charge >= 0.3 is 5.97 Å². The summed E-state index contributed by atoms with van der Waals surface area (Å²) >= 11 is 1.39. The van der Waals surface area contributed by atoms with Crippen molar-refractivity contribution in [1.29, 1.82) is 0 Å². The van der Waals surface area contributed by atoms with Crippen molar-refractivity contribution < 1.29 is 14.3 Å². The lowest BCUT2D eigenvalue weighted by Gasteiger charge is -2.09. The van der Waals surface area contributed by atoms with E-state index in [0.29, 0.717) is 18.8 Å². The zero-order valence-electron chi connectivity index (χ0n) is 11.2. The van der Waals surface area contributed by atoms with Crippen LogP contribution in [0.15, 0.2) is 18.5 Å². The Kier molecular flexibility index (Phi) is 7.59. The molecule has 110 valence electrons. The molecule has 3 N–H and O–H groups in total. The van der Waals surface area contributed by atoms with Gasteiger partial charge in [0.2, 0.25) is 11.9 Å². The molecule has 0 aromatic carbocycles. The van der Waals surface area contributed by atoms with Crippen LogP contribution in [0.2, 0.25) is 0 Å². The molecular weight excluding hydrogens is 280 g/mol. The topological polar surface area (TPSA) is 107 Å². The number of nitrogens with two attached hydrogens (primary N) is 1. The number of carbonyl (C=O) groups excluding carboxylic acids is 2. The summed E-state index contributed by atoms with van der Waals surface area (Å²) < 4.78 is 4.79. The largest absolute Gasteiger partial charge is 0.465 e. The SMILES string of the molecule is CCOC(=O)C(N)CCSCC(=O)Nc1ncccn1. The molecule has 0 aliphatic carbocycles. The van der Waals surface area contributed by atoms with Crippen molar-refractivity contribution in [3.8, 4) is 0 Å². The van der Waals surface area contributed by atoms with Crippen LogP contribution in [0.3, 0.4) is 0 Å². The van der Waals surface area contributed by atoms with Crippen LogP contribution in [-0.4, -0.2) is 46.0 Å². The second-order valence-electron chi connectivity index (χ2n) is 3.82. The van der Waals surface area contributed by atoms with E-state index in [9.17, 15) is 9.59 Å². The number of nitrogens with one attached hydrogen (secondary N) is 1. The predicted molar refractivity (Wildman–Crippen MR) is 77.2 cm³/mol. The zero-order chi connectivity index (χ0) is 14.8. The summed E-state index contributed by atoms with van der Waals surface area (Å²) in [6, 6.07) is 1.03. The van der Waals surface area contributed by atoms with Crippen LogP contribution in [0, 0.1) is 0 Å². The van der Waals surface area contributed by atoms with Crippen LogP contribution in [0.25, 0.3) is 0 Å². The molecule has 0 spiro atoms. The number of amides is 1. The molecule has 1 aromatic rings. The number of ether oxygens (including phenoxy) is 1. The third kappa shape index (κ3) is 6.48. The van der Waals surface area contributed by atoms with E-state index in [1.54, 1.807) is 25.4 Å². The Morgan fingerprint density at radius 2 is 2.15 bits per heavy atom. The maximum Gasteiger partial charge on any atom is 0.322 e. The van der Waals surface area contributed by atoms with Gasteiger partial charge in [0.1, 0.15) is 6.04 Å². The quantitative estimate of drug-likeness (QED) is 0.529. The van der Waals surface area contributed by atoms with Gasteiger partial charge in [-0.05, 0) is 25.2 Å². The number of nitrogens with zero attached hydrogens (tertiary/aromatic N) is 2. The number of hydrogen-bond acceptors (Lipinski definition) is 7. The molecule has 1 amide bonds. The molecule has 7 nitrogen and oxygen atoms in total. The molecule has 0 aliphatic rings. The van der Waals surface area contributed by atoms with Crippen LogP contribution in [0.4, 0.5) is 5.95 Å². The van der Waals surface area contributed by atoms with Crippen molar-refractivity contribution in [3.05, 3.63) is 18.5 Å². The molecule has 0 saturated carbocycles. The lowest BCUT2D eigenvalue weighted by atomic mass is 10.2. The van der Waals surface area contributed by atoms with Crippen molar-refractivity contribution in [2.75, 3.05) is 23.4 Å². The minimum Gasteiger partial charge on any atom is -0.465 e. The van der Waals surface area contributed by atoms with Crippen LogP contribution in [0.5, 0.6) is 0 Å². The maximum absolute atomic E-state index is 11.6. The smallest absolute Gasteiger partial charge is 0.322 e. The molecule has 0 fully saturated rings. The summed E-state index contributed by atoms with van der Waals surface area (Å²) in [6.07, 6.45) is 3.57. The van der Waals surface area contributed by atoms with Gasteiger partial charge in [0.05, 0.1) is 12.4 Å². The van der Waals surface area contributed by atoms with Gasteiger partial charge in [0, 0.05) is 12.4 Å². The van der Waals surface area contributed by atoms with Crippen molar-refractivity contribution in [2.24, 2.45) is 5.73 Å². The highest BCUT2D eigenvalue weighted by atomic mass is 32.2. The van der Waals surface area contributed by atoms with Crippen molar-refractivity contribution in [1.82, 2.24) is 9.97 Å². The van der Waals surface area contributed by atoms with E-state index >= 15 is 0 Å². The molecule has 1 heterocycles. The van der Waals surface area contributed by atoms with E-state index in [2.05, 4.69) is 15.3 Å². The van der Waals surface area contributed by atoms with Crippen LogP contribution in [-0.2, 0) is 14.3 Å². The van der Waals surface area contributed by atoms with Crippen molar-refractivity contribution >= 4 is 29.6 Å². The van der Waals surface area contributed by atoms with Gasteiger partial charge in [0.15, 0.2) is 0 Å². The average Bonchev–Trinajstić information content (AvgIpc) is 2.44. The Bertz CT molecular complexity index is 430. The summed E-state index contributed by atoms with van der Waals surface area (Å²) in [5.41, 5.74) is 5.64. The molecule has 0 radical (unpaired) electrons. The van der Waals surface area contributed by atoms with E-state index in [4.69, 9.17) is 10.5 Å². The van der Waals surface area contributed by atoms with Gasteiger partial charge in [0.25, 0.3) is 0 Å². The summed E-state index contributed by atoms with van der Waals surface area (Å²) in [6.45, 7) is 2.05. The number of carbonyl (C=O) groups is 2. The van der Waals surface area contributed by atoms with E-state index in [1.807, 2.05) is 0 Å². The molecule has 8 heteroatoms. The number of aromatic nitrogens is 2. The summed E-state index contributed by atoms with van der Waals surface area (Å²) in [7, 11) is 0. The molecule has 1 atom stereocenters. The molecular formula is C12H18N4O3S. The first-order valence-electron chi connectivity index (χ1n) is 6.20. The number of anilines is 1. The highest BCUT2D eigenvalue weighted by Crippen LogP contribution is 2.06. The molecule has 1 rings (SSSR count). The Labute approximate surface area is 121 Å². The van der Waals surface area contributed by atoms with Crippen molar-refractivity contribution in [3.63, 3.8) is 0 Å². The first-order chi connectivity index (χ1) is 9.63. The second-order valence-corrected chi connectivity index (χ2v) is 4.93. The predicted octanol–water partition coefficient (Wildman–Crippen LogP) is 0.429. The van der Waals surface area contributed by atoms with Gasteiger partial charge < -0.3 is 10.5 Å². The minimum atomic E-state index is -0.636. The Hall–Kier alpha value is -1.67. The molecule has 20 heavy (non-hydrogen) atoms. The number of esters is 1. The van der Waals surface area contributed by atoms with Gasteiger partial charge in [-0.3, -0.25) is 14.9 Å². The first-order valence-corrected chi connectivity index (χ1v) is 7.35. The summed E-state index contributed by atoms with van der Waals surface area (Å²) in [5, 5.41) is 2.57. The monoisotopic (exact) mass is 298 g/mol. The summed E-state index contributed by atoms with van der Waals surface area (Å²) in [5.74, 6) is 0.541. The van der Waals surface area contributed by atoms with E-state index in [1.165, 1.54) is 11.8 Å². The van der Waals surface area contributed by atoms with Gasteiger partial charge in [-0.2, -0.15) is 11.8 Å². The number of hydrogen-bond donors (Lipinski definition) is 2. The van der Waals surface area contributed by atoms with Crippen LogP contribution in [0.1, 0.15) is 13.3 Å². The van der Waals surface area contributed by atoms with Gasteiger partial charge in [-0.15, -0.1) is 0 Å². The fraction of sp³-hybridized carbons (Fsp3) is 0.500. The van der Waals surface area contributed by atoms with E-state index in [-0.39, 0.29) is 17.6 Å². The molecule has 1 aromatic heterocycles.